The number of piperidine rings is 1. The number of nitrogens with zero attached hydrogens (tertiary/aromatic N) is 4. The number of carbonyl (C=O) groups is 2. The van der Waals surface area contributed by atoms with Crippen molar-refractivity contribution in [2.45, 2.75) is 37.8 Å². The molecule has 4 heterocycles. The van der Waals surface area contributed by atoms with E-state index in [2.05, 4.69) is 9.71 Å². The highest BCUT2D eigenvalue weighted by Gasteiger charge is 2.39. The summed E-state index contributed by atoms with van der Waals surface area (Å²) in [6, 6.07) is 3.64. The lowest BCUT2D eigenvalue weighted by molar-refractivity contribution is -0.913. The van der Waals surface area contributed by atoms with Gasteiger partial charge in [-0.3, -0.25) is 9.59 Å². The first-order valence-electron chi connectivity index (χ1n) is 10.8. The molecule has 2 fully saturated rings. The number of likely N-dealkylation sites (tertiary alicyclic amines) is 2. The van der Waals surface area contributed by atoms with Crippen LogP contribution in [0, 0.1) is 0 Å². The molecule has 10 nitrogen and oxygen atoms in total. The first-order valence-corrected chi connectivity index (χ1v) is 13.6. The molecule has 2 amide bonds. The molecule has 0 aromatic carbocycles. The molecule has 0 saturated carbocycles. The van der Waals surface area contributed by atoms with E-state index >= 15 is 0 Å². The van der Waals surface area contributed by atoms with Gasteiger partial charge in [0.15, 0.2) is 0 Å². The number of hydrogen-bond acceptors (Lipinski definition) is 7. The minimum Gasteiger partial charge on any atom is -0.350 e. The SMILES string of the molecule is O=C1[C@@H](NS(=O)(=O)/C=C/c2ccc(Cl)s2)CCCN1CC(=O)N1CCC[C@H]1c1nccc[n+]1O. The van der Waals surface area contributed by atoms with Gasteiger partial charge in [-0.05, 0) is 48.9 Å². The summed E-state index contributed by atoms with van der Waals surface area (Å²) in [6.45, 7) is 0.708. The average Bonchev–Trinajstić information content (AvgIpc) is 3.44. The summed E-state index contributed by atoms with van der Waals surface area (Å²) < 4.78 is 28.9. The summed E-state index contributed by atoms with van der Waals surface area (Å²) in [5.41, 5.74) is 0. The maximum Gasteiger partial charge on any atom is 0.359 e. The Morgan fingerprint density at radius 1 is 1.32 bits per heavy atom. The van der Waals surface area contributed by atoms with Crippen LogP contribution in [0.2, 0.25) is 4.34 Å². The fraction of sp³-hybridized carbons (Fsp3) is 0.429. The number of hydrogen-bond donors (Lipinski definition) is 2. The summed E-state index contributed by atoms with van der Waals surface area (Å²) >= 11 is 7.10. The number of halogens is 1. The number of rotatable bonds is 7. The lowest BCUT2D eigenvalue weighted by Crippen LogP contribution is -2.54. The van der Waals surface area contributed by atoms with Gasteiger partial charge in [0.05, 0.1) is 10.9 Å². The van der Waals surface area contributed by atoms with E-state index < -0.39 is 22.0 Å². The molecule has 13 heteroatoms. The molecular formula is C21H25ClN5O5S2+. The number of carbonyl (C=O) groups excluding carboxylic acids is 2. The zero-order valence-electron chi connectivity index (χ0n) is 18.2. The van der Waals surface area contributed by atoms with Crippen molar-refractivity contribution in [2.75, 3.05) is 19.6 Å². The highest BCUT2D eigenvalue weighted by molar-refractivity contribution is 7.92. The fourth-order valence-electron chi connectivity index (χ4n) is 4.22. The number of amides is 2. The molecule has 0 radical (unpaired) electrons. The molecule has 4 rings (SSSR count). The van der Waals surface area contributed by atoms with E-state index in [9.17, 15) is 23.2 Å². The van der Waals surface area contributed by atoms with Gasteiger partial charge in [0.2, 0.25) is 21.8 Å². The van der Waals surface area contributed by atoms with Gasteiger partial charge in [0.1, 0.15) is 24.5 Å². The van der Waals surface area contributed by atoms with Gasteiger partial charge in [-0.2, -0.15) is 4.72 Å². The smallest absolute Gasteiger partial charge is 0.350 e. The van der Waals surface area contributed by atoms with Crippen LogP contribution >= 0.6 is 22.9 Å². The molecule has 0 unspecified atom stereocenters. The summed E-state index contributed by atoms with van der Waals surface area (Å²) in [6.07, 6.45) is 6.76. The third-order valence-corrected chi connectivity index (χ3v) is 8.10. The Hall–Kier alpha value is -2.54. The van der Waals surface area contributed by atoms with Gasteiger partial charge in [0, 0.05) is 29.4 Å². The van der Waals surface area contributed by atoms with Gasteiger partial charge in [-0.15, -0.1) is 11.3 Å². The number of thiophene rings is 1. The van der Waals surface area contributed by atoms with Crippen molar-refractivity contribution in [1.82, 2.24) is 19.5 Å². The van der Waals surface area contributed by atoms with Crippen molar-refractivity contribution in [2.24, 2.45) is 0 Å². The van der Waals surface area contributed by atoms with Gasteiger partial charge in [-0.1, -0.05) is 16.3 Å². The topological polar surface area (TPSA) is 124 Å². The predicted octanol–water partition coefficient (Wildman–Crippen LogP) is 1.57. The lowest BCUT2D eigenvalue weighted by Gasteiger charge is -2.33. The standard InChI is InChI=1S/C21H25ClN5O5S2/c22-18-7-6-15(33-18)8-13-34(31,32)24-16-4-1-10-25(21(16)29)14-19(28)26-11-2-5-17(26)20-23-9-3-12-27(20)30/h3,6-9,12-13,16-17,24,30H,1-2,4-5,10-11,14H2/q+1/b13-8+/t16-,17-/m0/s1. The van der Waals surface area contributed by atoms with Crippen LogP contribution in [0.15, 0.2) is 36.0 Å². The maximum absolute atomic E-state index is 13.1. The molecular weight excluding hydrogens is 502 g/mol. The predicted molar refractivity (Wildman–Crippen MR) is 125 cm³/mol. The molecule has 0 spiro atoms. The van der Waals surface area contributed by atoms with Crippen LogP contribution in [0.3, 0.4) is 0 Å². The van der Waals surface area contributed by atoms with Crippen molar-refractivity contribution in [3.63, 3.8) is 0 Å². The summed E-state index contributed by atoms with van der Waals surface area (Å²) in [5, 5.41) is 11.1. The van der Waals surface area contributed by atoms with Crippen LogP contribution in [0.25, 0.3) is 6.08 Å². The van der Waals surface area contributed by atoms with Crippen molar-refractivity contribution in [3.8, 4) is 0 Å². The first-order chi connectivity index (χ1) is 16.2. The van der Waals surface area contributed by atoms with E-state index in [1.54, 1.807) is 29.3 Å². The van der Waals surface area contributed by atoms with Crippen molar-refractivity contribution in [3.05, 3.63) is 51.0 Å². The molecule has 2 N–H and O–H groups in total. The molecule has 34 heavy (non-hydrogen) atoms. The van der Waals surface area contributed by atoms with Crippen LogP contribution in [0.5, 0.6) is 0 Å². The molecule has 2 saturated heterocycles. The van der Waals surface area contributed by atoms with E-state index in [1.807, 2.05) is 0 Å². The van der Waals surface area contributed by atoms with Gasteiger partial charge in [-0.25, -0.2) is 8.42 Å². The van der Waals surface area contributed by atoms with Gasteiger partial charge in [0.25, 0.3) is 0 Å². The quantitative estimate of drug-likeness (QED) is 0.417. The first kappa shape index (κ1) is 24.6. The normalized spacial score (nSPS) is 21.5. The second-order valence-electron chi connectivity index (χ2n) is 8.13. The van der Waals surface area contributed by atoms with E-state index in [4.69, 9.17) is 11.6 Å². The van der Waals surface area contributed by atoms with E-state index in [1.165, 1.54) is 28.5 Å². The molecule has 2 aliphatic heterocycles. The Kier molecular flexibility index (Phi) is 7.51. The highest BCUT2D eigenvalue weighted by Crippen LogP contribution is 2.29. The highest BCUT2D eigenvalue weighted by atomic mass is 35.5. The molecule has 2 atom stereocenters. The van der Waals surface area contributed by atoms with Crippen LogP contribution < -0.4 is 9.45 Å². The second-order valence-corrected chi connectivity index (χ2v) is 11.5. The van der Waals surface area contributed by atoms with Crippen molar-refractivity contribution in [1.29, 1.82) is 0 Å². The molecule has 2 aromatic heterocycles. The van der Waals surface area contributed by atoms with Gasteiger partial charge < -0.3 is 15.0 Å². The van der Waals surface area contributed by atoms with Crippen LogP contribution in [0.1, 0.15) is 42.4 Å². The molecule has 0 bridgehead atoms. The maximum atomic E-state index is 13.1. The third kappa shape index (κ3) is 5.74. The zero-order valence-corrected chi connectivity index (χ0v) is 20.6. The van der Waals surface area contributed by atoms with E-state index in [0.29, 0.717) is 47.4 Å². The summed E-state index contributed by atoms with van der Waals surface area (Å²) in [7, 11) is -3.87. The molecule has 2 aliphatic rings. The van der Waals surface area contributed by atoms with Crippen molar-refractivity contribution >= 4 is 50.9 Å². The lowest BCUT2D eigenvalue weighted by atomic mass is 10.1. The number of nitrogens with one attached hydrogen (secondary N) is 1. The Balaban J connectivity index is 1.39. The van der Waals surface area contributed by atoms with Crippen LogP contribution in [-0.4, -0.2) is 65.9 Å². The number of sulfonamides is 1. The average molecular weight is 527 g/mol. The largest absolute Gasteiger partial charge is 0.359 e. The Bertz CT molecular complexity index is 1200. The number of aromatic nitrogens is 2. The van der Waals surface area contributed by atoms with E-state index in [0.717, 1.165) is 16.6 Å². The van der Waals surface area contributed by atoms with Crippen LogP contribution in [-0.2, 0) is 19.6 Å². The zero-order chi connectivity index (χ0) is 24.3. The van der Waals surface area contributed by atoms with E-state index in [-0.39, 0.29) is 18.5 Å². The Morgan fingerprint density at radius 3 is 2.85 bits per heavy atom. The Morgan fingerprint density at radius 2 is 2.12 bits per heavy atom. The molecule has 2 aromatic rings. The van der Waals surface area contributed by atoms with Crippen molar-refractivity contribution < 1.29 is 27.9 Å². The summed E-state index contributed by atoms with van der Waals surface area (Å²) in [5.74, 6) is -0.330. The minimum atomic E-state index is -3.87. The monoisotopic (exact) mass is 526 g/mol. The fourth-order valence-corrected chi connectivity index (χ4v) is 6.29. The van der Waals surface area contributed by atoms with Gasteiger partial charge >= 0.3 is 5.82 Å². The summed E-state index contributed by atoms with van der Waals surface area (Å²) in [4.78, 5) is 33.9. The molecule has 182 valence electrons. The van der Waals surface area contributed by atoms with Crippen LogP contribution in [0.4, 0.5) is 0 Å². The second kappa shape index (κ2) is 10.4. The minimum absolute atomic E-state index is 0.157. The molecule has 0 aliphatic carbocycles. The third-order valence-electron chi connectivity index (χ3n) is 5.79. The Labute approximate surface area is 206 Å².